The number of fused-ring (bicyclic) bond motifs is 1. The fourth-order valence-corrected chi connectivity index (χ4v) is 3.14. The molecule has 0 saturated carbocycles. The van der Waals surface area contributed by atoms with Crippen LogP contribution in [0.5, 0.6) is 11.5 Å². The van der Waals surface area contributed by atoms with E-state index in [0.29, 0.717) is 16.7 Å². The van der Waals surface area contributed by atoms with E-state index in [-0.39, 0.29) is 30.1 Å². The number of H-pyrrole nitrogens is 1. The Morgan fingerprint density at radius 2 is 2.00 bits per heavy atom. The number of rotatable bonds is 7. The highest BCUT2D eigenvalue weighted by molar-refractivity contribution is 5.81. The first kappa shape index (κ1) is 20.2. The molecule has 1 atom stereocenters. The maximum Gasteiger partial charge on any atom is 0.252 e. The number of aromatic nitrogens is 1. The molecule has 9 nitrogen and oxygen atoms in total. The number of aromatic amines is 1. The van der Waals surface area contributed by atoms with Crippen LogP contribution in [0.1, 0.15) is 29.4 Å². The molecular weight excluding hydrogens is 380 g/mol. The summed E-state index contributed by atoms with van der Waals surface area (Å²) < 4.78 is 15.8. The average molecular weight is 400 g/mol. The molecule has 0 aliphatic rings. The van der Waals surface area contributed by atoms with Gasteiger partial charge in [-0.3, -0.25) is 14.4 Å². The van der Waals surface area contributed by atoms with Crippen molar-refractivity contribution in [2.24, 2.45) is 5.73 Å². The molecule has 0 saturated heterocycles. The summed E-state index contributed by atoms with van der Waals surface area (Å²) in [6.45, 7) is -0.0307. The van der Waals surface area contributed by atoms with E-state index in [1.165, 1.54) is 14.2 Å². The third-order valence-electron chi connectivity index (χ3n) is 4.46. The number of carbonyl (C=O) groups is 1. The van der Waals surface area contributed by atoms with Crippen molar-refractivity contribution >= 4 is 16.8 Å². The molecule has 1 aromatic carbocycles. The van der Waals surface area contributed by atoms with Gasteiger partial charge < -0.3 is 29.7 Å². The topological polar surface area (TPSA) is 145 Å². The molecule has 1 unspecified atom stereocenters. The Morgan fingerprint density at radius 1 is 1.24 bits per heavy atom. The van der Waals surface area contributed by atoms with Gasteiger partial charge in [0.05, 0.1) is 13.0 Å². The van der Waals surface area contributed by atoms with Gasteiger partial charge >= 0.3 is 0 Å². The quantitative estimate of drug-likeness (QED) is 0.543. The Morgan fingerprint density at radius 3 is 2.66 bits per heavy atom. The lowest BCUT2D eigenvalue weighted by molar-refractivity contribution is -0.118. The molecule has 0 aliphatic carbocycles. The normalized spacial score (nSPS) is 12.1. The number of hydrogen-bond donors (Lipinski definition) is 3. The van der Waals surface area contributed by atoms with Crippen LogP contribution in [0.2, 0.25) is 0 Å². The van der Waals surface area contributed by atoms with Gasteiger partial charge in [-0.1, -0.05) is 0 Å². The first-order valence-electron chi connectivity index (χ1n) is 8.68. The van der Waals surface area contributed by atoms with Gasteiger partial charge in [-0.25, -0.2) is 0 Å². The molecule has 3 aromatic rings. The largest absolute Gasteiger partial charge is 0.502 e. The van der Waals surface area contributed by atoms with Gasteiger partial charge in [0.1, 0.15) is 18.1 Å². The predicted octanol–water partition coefficient (Wildman–Crippen LogP) is 1.35. The molecule has 2 aromatic heterocycles. The SMILES string of the molecule is COCc1cc(=O)c(O)c(C(CC(N)=O)c2cc3cc(OC)ccc3[nH]c2=O)o1. The minimum Gasteiger partial charge on any atom is -0.502 e. The molecule has 4 N–H and O–H groups in total. The first-order chi connectivity index (χ1) is 13.8. The molecule has 29 heavy (non-hydrogen) atoms. The molecule has 0 aliphatic heterocycles. The van der Waals surface area contributed by atoms with Gasteiger partial charge in [0, 0.05) is 36.1 Å². The third kappa shape index (κ3) is 4.14. The number of pyridine rings is 1. The molecule has 3 rings (SSSR count). The third-order valence-corrected chi connectivity index (χ3v) is 4.46. The van der Waals surface area contributed by atoms with Crippen molar-refractivity contribution in [1.82, 2.24) is 4.98 Å². The molecular formula is C20H20N2O7. The number of methoxy groups -OCH3 is 2. The van der Waals surface area contributed by atoms with Crippen LogP contribution in [-0.4, -0.2) is 30.2 Å². The smallest absolute Gasteiger partial charge is 0.252 e. The molecule has 1 amide bonds. The fraction of sp³-hybridized carbons (Fsp3) is 0.250. The van der Waals surface area contributed by atoms with Crippen molar-refractivity contribution in [3.63, 3.8) is 0 Å². The number of ether oxygens (including phenoxy) is 2. The summed E-state index contributed by atoms with van der Waals surface area (Å²) in [4.78, 5) is 39.3. The minimum absolute atomic E-state index is 0.0307. The number of primary amides is 1. The standard InChI is InChI=1S/C20H20N2O7/c1-27-9-12-7-16(23)18(25)19(29-12)13(8-17(21)24)14-6-10-5-11(28-2)3-4-15(10)22-20(14)26/h3-7,13,25H,8-9H2,1-2H3,(H2,21,24)(H,22,26). The number of benzene rings is 1. The Bertz CT molecular complexity index is 1180. The van der Waals surface area contributed by atoms with E-state index in [4.69, 9.17) is 19.6 Å². The summed E-state index contributed by atoms with van der Waals surface area (Å²) in [7, 11) is 2.92. The van der Waals surface area contributed by atoms with Crippen molar-refractivity contribution in [2.45, 2.75) is 18.9 Å². The number of hydrogen-bond acceptors (Lipinski definition) is 7. The van der Waals surface area contributed by atoms with Gasteiger partial charge in [-0.2, -0.15) is 0 Å². The zero-order valence-electron chi connectivity index (χ0n) is 15.9. The highest BCUT2D eigenvalue weighted by atomic mass is 16.5. The number of nitrogens with two attached hydrogens (primary N) is 1. The van der Waals surface area contributed by atoms with Crippen LogP contribution in [0, 0.1) is 0 Å². The van der Waals surface area contributed by atoms with E-state index in [1.807, 2.05) is 0 Å². The molecule has 0 bridgehead atoms. The molecule has 0 spiro atoms. The van der Waals surface area contributed by atoms with Crippen molar-refractivity contribution in [3.05, 3.63) is 68.0 Å². The second kappa shape index (κ2) is 8.19. The summed E-state index contributed by atoms with van der Waals surface area (Å²) in [5.41, 5.74) is 4.80. The minimum atomic E-state index is -1.07. The van der Waals surface area contributed by atoms with Crippen LogP contribution in [-0.2, 0) is 16.1 Å². The van der Waals surface area contributed by atoms with E-state index in [1.54, 1.807) is 24.3 Å². The summed E-state index contributed by atoms with van der Waals surface area (Å²) in [5, 5.41) is 10.9. The maximum absolute atomic E-state index is 12.7. The molecule has 9 heteroatoms. The van der Waals surface area contributed by atoms with Crippen LogP contribution < -0.4 is 21.5 Å². The maximum atomic E-state index is 12.7. The Labute approximate surface area is 164 Å². The van der Waals surface area contributed by atoms with Crippen LogP contribution >= 0.6 is 0 Å². The van der Waals surface area contributed by atoms with Crippen molar-refractivity contribution < 1.29 is 23.8 Å². The second-order valence-electron chi connectivity index (χ2n) is 6.45. The van der Waals surface area contributed by atoms with Crippen LogP contribution in [0.15, 0.2) is 44.3 Å². The number of carbonyl (C=O) groups excluding carboxylic acids is 1. The lowest BCUT2D eigenvalue weighted by Crippen LogP contribution is -2.23. The summed E-state index contributed by atoms with van der Waals surface area (Å²) in [5.74, 6) is -2.02. The van der Waals surface area contributed by atoms with E-state index in [0.717, 1.165) is 6.07 Å². The van der Waals surface area contributed by atoms with Gasteiger partial charge in [0.25, 0.3) is 5.56 Å². The van der Waals surface area contributed by atoms with Gasteiger partial charge in [-0.15, -0.1) is 0 Å². The Hall–Kier alpha value is -3.59. The van der Waals surface area contributed by atoms with E-state index < -0.39 is 28.6 Å². The predicted molar refractivity (Wildman–Crippen MR) is 104 cm³/mol. The van der Waals surface area contributed by atoms with Gasteiger partial charge in [-0.05, 0) is 24.3 Å². The fourth-order valence-electron chi connectivity index (χ4n) is 3.14. The summed E-state index contributed by atoms with van der Waals surface area (Å²) in [6, 6.07) is 7.70. The number of aromatic hydroxyl groups is 1. The summed E-state index contributed by atoms with van der Waals surface area (Å²) >= 11 is 0. The van der Waals surface area contributed by atoms with E-state index in [9.17, 15) is 19.5 Å². The second-order valence-corrected chi connectivity index (χ2v) is 6.45. The molecule has 2 heterocycles. The first-order valence-corrected chi connectivity index (χ1v) is 8.68. The molecule has 0 fully saturated rings. The Balaban J connectivity index is 2.25. The van der Waals surface area contributed by atoms with E-state index >= 15 is 0 Å². The van der Waals surface area contributed by atoms with Crippen molar-refractivity contribution in [2.75, 3.05) is 14.2 Å². The Kier molecular flexibility index (Phi) is 5.69. The molecule has 152 valence electrons. The van der Waals surface area contributed by atoms with Crippen LogP contribution in [0.25, 0.3) is 10.9 Å². The average Bonchev–Trinajstić information content (AvgIpc) is 2.68. The lowest BCUT2D eigenvalue weighted by Gasteiger charge is -2.17. The number of amides is 1. The van der Waals surface area contributed by atoms with Crippen LogP contribution in [0.4, 0.5) is 0 Å². The monoisotopic (exact) mass is 400 g/mol. The zero-order chi connectivity index (χ0) is 21.1. The van der Waals surface area contributed by atoms with Gasteiger partial charge in [0.2, 0.25) is 17.1 Å². The van der Waals surface area contributed by atoms with Crippen LogP contribution in [0.3, 0.4) is 0 Å². The van der Waals surface area contributed by atoms with Crippen molar-refractivity contribution in [3.8, 4) is 11.5 Å². The zero-order valence-corrected chi connectivity index (χ0v) is 15.9. The van der Waals surface area contributed by atoms with Gasteiger partial charge in [0.15, 0.2) is 5.76 Å². The highest BCUT2D eigenvalue weighted by Gasteiger charge is 2.28. The van der Waals surface area contributed by atoms with E-state index in [2.05, 4.69) is 4.98 Å². The number of nitrogens with one attached hydrogen (secondary N) is 1. The summed E-state index contributed by atoms with van der Waals surface area (Å²) in [6.07, 6.45) is -0.356. The van der Waals surface area contributed by atoms with Crippen molar-refractivity contribution in [1.29, 1.82) is 0 Å². The lowest BCUT2D eigenvalue weighted by atomic mass is 9.92. The highest BCUT2D eigenvalue weighted by Crippen LogP contribution is 2.32. The molecule has 0 radical (unpaired) electrons.